The highest BCUT2D eigenvalue weighted by Crippen LogP contribution is 2.50. The zero-order valence-electron chi connectivity index (χ0n) is 13.6. The molecule has 1 aromatic heterocycles. The molecule has 0 radical (unpaired) electrons. The minimum absolute atomic E-state index is 0.300. The first-order valence-electron chi connectivity index (χ1n) is 8.00. The van der Waals surface area contributed by atoms with E-state index >= 15 is 0 Å². The zero-order chi connectivity index (χ0) is 18.1. The van der Waals surface area contributed by atoms with Crippen LogP contribution in [0, 0.1) is 23.0 Å². The number of nitrogens with zero attached hydrogens (tertiary/aromatic N) is 1. The highest BCUT2D eigenvalue weighted by molar-refractivity contribution is 7.11. The molecule has 3 aromatic rings. The first-order chi connectivity index (χ1) is 12.6. The summed E-state index contributed by atoms with van der Waals surface area (Å²) in [6.07, 6.45) is 0.300. The third kappa shape index (κ3) is 2.69. The van der Waals surface area contributed by atoms with Gasteiger partial charge in [-0.2, -0.15) is 5.26 Å². The maximum Gasteiger partial charge on any atom is 0.164 e. The molecular weight excluding hydrogens is 352 g/mol. The first kappa shape index (κ1) is 16.5. The quantitative estimate of drug-likeness (QED) is 0.603. The molecule has 0 N–H and O–H groups in total. The van der Waals surface area contributed by atoms with Crippen LogP contribution in [0.1, 0.15) is 22.4 Å². The van der Waals surface area contributed by atoms with Crippen molar-refractivity contribution >= 4 is 17.1 Å². The van der Waals surface area contributed by atoms with Gasteiger partial charge in [-0.3, -0.25) is 0 Å². The van der Waals surface area contributed by atoms with Gasteiger partial charge in [0, 0.05) is 17.5 Å². The Hall–Kier alpha value is -2.97. The number of thiophene rings is 1. The molecule has 2 aromatic carbocycles. The van der Waals surface area contributed by atoms with Gasteiger partial charge < -0.3 is 4.74 Å². The van der Waals surface area contributed by atoms with Crippen LogP contribution in [0.15, 0.2) is 71.6 Å². The predicted molar refractivity (Wildman–Crippen MR) is 96.1 cm³/mol. The Morgan fingerprint density at radius 3 is 1.96 bits per heavy atom. The summed E-state index contributed by atoms with van der Waals surface area (Å²) in [5, 5.41) is 11.6. The summed E-state index contributed by atoms with van der Waals surface area (Å²) in [5.74, 6) is -0.183. The van der Waals surface area contributed by atoms with Crippen LogP contribution in [0.25, 0.3) is 5.76 Å². The average molecular weight is 365 g/mol. The Kier molecular flexibility index (Phi) is 4.06. The van der Waals surface area contributed by atoms with Crippen LogP contribution in [0.4, 0.5) is 8.78 Å². The molecule has 0 saturated heterocycles. The Bertz CT molecular complexity index is 954. The van der Waals surface area contributed by atoms with Gasteiger partial charge in [0.15, 0.2) is 11.4 Å². The van der Waals surface area contributed by atoms with E-state index in [0.717, 1.165) is 4.88 Å². The van der Waals surface area contributed by atoms with E-state index in [-0.39, 0.29) is 11.6 Å². The van der Waals surface area contributed by atoms with Gasteiger partial charge >= 0.3 is 0 Å². The fourth-order valence-electron chi connectivity index (χ4n) is 3.23. The summed E-state index contributed by atoms with van der Waals surface area (Å²) in [6.45, 7) is 0. The molecule has 0 atom stereocenters. The summed E-state index contributed by atoms with van der Waals surface area (Å²) in [7, 11) is 0. The van der Waals surface area contributed by atoms with Crippen molar-refractivity contribution in [2.75, 3.05) is 0 Å². The summed E-state index contributed by atoms with van der Waals surface area (Å²) in [4.78, 5) is 0.854. The van der Waals surface area contributed by atoms with E-state index in [1.54, 1.807) is 24.3 Å². The normalized spacial score (nSPS) is 15.6. The van der Waals surface area contributed by atoms with Crippen molar-refractivity contribution in [3.63, 3.8) is 0 Å². The first-order valence-corrected chi connectivity index (χ1v) is 8.88. The highest BCUT2D eigenvalue weighted by Gasteiger charge is 2.45. The van der Waals surface area contributed by atoms with Gasteiger partial charge in [-0.1, -0.05) is 30.3 Å². The van der Waals surface area contributed by atoms with Gasteiger partial charge in [0.1, 0.15) is 11.6 Å². The number of rotatable bonds is 3. The SMILES string of the molecule is N#CC1=C(c2cccs2)OC(c2ccc(F)cc2)(c2ccc(F)cc2)C1. The molecule has 26 heavy (non-hydrogen) atoms. The minimum atomic E-state index is -0.994. The molecule has 128 valence electrons. The van der Waals surface area contributed by atoms with Crippen LogP contribution in [0.5, 0.6) is 0 Å². The van der Waals surface area contributed by atoms with Crippen molar-refractivity contribution in [3.8, 4) is 6.07 Å². The van der Waals surface area contributed by atoms with E-state index in [0.29, 0.717) is 28.9 Å². The monoisotopic (exact) mass is 365 g/mol. The van der Waals surface area contributed by atoms with E-state index < -0.39 is 5.60 Å². The van der Waals surface area contributed by atoms with Crippen LogP contribution in [0.3, 0.4) is 0 Å². The van der Waals surface area contributed by atoms with E-state index in [9.17, 15) is 14.0 Å². The lowest BCUT2D eigenvalue weighted by Gasteiger charge is -2.31. The molecule has 2 nitrogen and oxygen atoms in total. The Morgan fingerprint density at radius 2 is 1.50 bits per heavy atom. The second-order valence-corrected chi connectivity index (χ2v) is 6.96. The van der Waals surface area contributed by atoms with E-state index in [1.807, 2.05) is 17.5 Å². The Balaban J connectivity index is 1.87. The van der Waals surface area contributed by atoms with E-state index in [2.05, 4.69) is 6.07 Å². The third-order valence-electron chi connectivity index (χ3n) is 4.48. The summed E-state index contributed by atoms with van der Waals surface area (Å²) in [5.41, 5.74) is 0.946. The molecule has 0 unspecified atom stereocenters. The molecule has 0 spiro atoms. The van der Waals surface area contributed by atoms with Crippen LogP contribution < -0.4 is 0 Å². The van der Waals surface area contributed by atoms with E-state index in [1.165, 1.54) is 35.6 Å². The second kappa shape index (κ2) is 6.40. The van der Waals surface area contributed by atoms with Gasteiger partial charge in [0.25, 0.3) is 0 Å². The van der Waals surface area contributed by atoms with E-state index in [4.69, 9.17) is 4.74 Å². The maximum atomic E-state index is 13.4. The molecule has 0 bridgehead atoms. The van der Waals surface area contributed by atoms with Crippen LogP contribution in [0.2, 0.25) is 0 Å². The van der Waals surface area contributed by atoms with Gasteiger partial charge in [0.2, 0.25) is 0 Å². The van der Waals surface area contributed by atoms with Crippen molar-refractivity contribution in [2.45, 2.75) is 12.0 Å². The smallest absolute Gasteiger partial charge is 0.164 e. The number of nitriles is 1. The Morgan fingerprint density at radius 1 is 0.923 bits per heavy atom. The second-order valence-electron chi connectivity index (χ2n) is 6.02. The van der Waals surface area contributed by atoms with Crippen molar-refractivity contribution in [1.82, 2.24) is 0 Å². The predicted octanol–water partition coefficient (Wildman–Crippen LogP) is 5.63. The van der Waals surface area contributed by atoms with Crippen molar-refractivity contribution in [1.29, 1.82) is 5.26 Å². The lowest BCUT2D eigenvalue weighted by atomic mass is 9.82. The van der Waals surface area contributed by atoms with Crippen molar-refractivity contribution in [3.05, 3.63) is 99.3 Å². The maximum absolute atomic E-state index is 13.4. The number of ether oxygens (including phenoxy) is 1. The molecule has 0 amide bonds. The van der Waals surface area contributed by atoms with Gasteiger partial charge in [-0.15, -0.1) is 11.3 Å². The molecule has 5 heteroatoms. The average Bonchev–Trinajstić information content (AvgIpc) is 3.31. The van der Waals surface area contributed by atoms with Crippen LogP contribution >= 0.6 is 11.3 Å². The number of benzene rings is 2. The van der Waals surface area contributed by atoms with Gasteiger partial charge in [-0.05, 0) is 35.7 Å². The highest BCUT2D eigenvalue weighted by atomic mass is 32.1. The van der Waals surface area contributed by atoms with Crippen molar-refractivity contribution < 1.29 is 13.5 Å². The molecule has 4 rings (SSSR count). The van der Waals surface area contributed by atoms with Crippen LogP contribution in [-0.2, 0) is 10.3 Å². The van der Waals surface area contributed by atoms with Crippen LogP contribution in [-0.4, -0.2) is 0 Å². The molecule has 1 aliphatic heterocycles. The molecule has 0 saturated carbocycles. The summed E-state index contributed by atoms with van der Waals surface area (Å²) < 4.78 is 33.3. The summed E-state index contributed by atoms with van der Waals surface area (Å²) >= 11 is 1.48. The number of hydrogen-bond acceptors (Lipinski definition) is 3. The lowest BCUT2D eigenvalue weighted by Crippen LogP contribution is -2.27. The topological polar surface area (TPSA) is 33.0 Å². The number of hydrogen-bond donors (Lipinski definition) is 0. The third-order valence-corrected chi connectivity index (χ3v) is 5.35. The molecule has 0 aliphatic carbocycles. The molecular formula is C21H13F2NOS. The van der Waals surface area contributed by atoms with Gasteiger partial charge in [0.05, 0.1) is 16.5 Å². The minimum Gasteiger partial charge on any atom is -0.475 e. The zero-order valence-corrected chi connectivity index (χ0v) is 14.4. The fraction of sp³-hybridized carbons (Fsp3) is 0.0952. The molecule has 2 heterocycles. The summed E-state index contributed by atoms with van der Waals surface area (Å²) in [6, 6.07) is 18.0. The molecule has 0 fully saturated rings. The number of halogens is 2. The van der Waals surface area contributed by atoms with Gasteiger partial charge in [-0.25, -0.2) is 8.78 Å². The standard InChI is InChI=1S/C21H13F2NOS/c22-17-7-3-15(4-8-17)21(16-5-9-18(23)10-6-16)12-14(13-24)20(25-21)19-2-1-11-26-19/h1-11H,12H2. The van der Waals surface area contributed by atoms with Crippen molar-refractivity contribution in [2.24, 2.45) is 0 Å². The largest absolute Gasteiger partial charge is 0.475 e. The molecule has 1 aliphatic rings. The fourth-order valence-corrected chi connectivity index (χ4v) is 3.96. The Labute approximate surface area is 153 Å². The lowest BCUT2D eigenvalue weighted by molar-refractivity contribution is 0.101.